The zero-order valence-electron chi connectivity index (χ0n) is 12.5. The van der Waals surface area contributed by atoms with Crippen LogP contribution in [0, 0.1) is 6.92 Å². The second kappa shape index (κ2) is 8.61. The van der Waals surface area contributed by atoms with E-state index in [9.17, 15) is 14.7 Å². The fourth-order valence-electron chi connectivity index (χ4n) is 1.61. The average Bonchev–Trinajstić information content (AvgIpc) is 2.44. The second-order valence-corrected chi connectivity index (χ2v) is 5.39. The first-order chi connectivity index (χ1) is 9.99. The SMILES string of the molecule is CCCCOC(=O)CSc1nc(CC)nc(C)c1C(=O)O. The van der Waals surface area contributed by atoms with Gasteiger partial charge in [0.1, 0.15) is 16.4 Å². The molecular formula is C14H20N2O4S. The predicted octanol–water partition coefficient (Wildman–Crippen LogP) is 2.48. The molecule has 0 saturated heterocycles. The minimum atomic E-state index is -1.09. The van der Waals surface area contributed by atoms with Crippen molar-refractivity contribution in [3.8, 4) is 0 Å². The Labute approximate surface area is 128 Å². The van der Waals surface area contributed by atoms with E-state index >= 15 is 0 Å². The van der Waals surface area contributed by atoms with E-state index in [1.54, 1.807) is 6.92 Å². The van der Waals surface area contributed by atoms with Gasteiger partial charge in [0.2, 0.25) is 0 Å². The molecule has 0 aliphatic rings. The predicted molar refractivity (Wildman–Crippen MR) is 79.7 cm³/mol. The largest absolute Gasteiger partial charge is 0.478 e. The van der Waals surface area contributed by atoms with Crippen LogP contribution in [0.3, 0.4) is 0 Å². The first-order valence-electron chi connectivity index (χ1n) is 6.88. The number of ether oxygens (including phenoxy) is 1. The molecule has 0 aliphatic heterocycles. The zero-order chi connectivity index (χ0) is 15.8. The Balaban J connectivity index is 2.79. The van der Waals surface area contributed by atoms with Crippen molar-refractivity contribution in [2.75, 3.05) is 12.4 Å². The lowest BCUT2D eigenvalue weighted by Gasteiger charge is -2.09. The van der Waals surface area contributed by atoms with Gasteiger partial charge in [0, 0.05) is 6.42 Å². The number of unbranched alkanes of at least 4 members (excludes halogenated alkanes) is 1. The molecule has 0 fully saturated rings. The summed E-state index contributed by atoms with van der Waals surface area (Å²) in [6, 6.07) is 0. The van der Waals surface area contributed by atoms with Crippen LogP contribution in [0.15, 0.2) is 5.03 Å². The zero-order valence-corrected chi connectivity index (χ0v) is 13.3. The lowest BCUT2D eigenvalue weighted by molar-refractivity contribution is -0.140. The third-order valence-electron chi connectivity index (χ3n) is 2.72. The number of hydrogen-bond donors (Lipinski definition) is 1. The Kier molecular flexibility index (Phi) is 7.14. The Bertz CT molecular complexity index is 520. The summed E-state index contributed by atoms with van der Waals surface area (Å²) in [4.78, 5) is 31.2. The smallest absolute Gasteiger partial charge is 0.340 e. The van der Waals surface area contributed by atoms with Crippen molar-refractivity contribution < 1.29 is 19.4 Å². The number of carboxylic acids is 1. The summed E-state index contributed by atoms with van der Waals surface area (Å²) in [6.07, 6.45) is 2.38. The highest BCUT2D eigenvalue weighted by atomic mass is 32.2. The normalized spacial score (nSPS) is 10.4. The van der Waals surface area contributed by atoms with Gasteiger partial charge in [0.15, 0.2) is 0 Å². The Morgan fingerprint density at radius 1 is 1.29 bits per heavy atom. The third kappa shape index (κ3) is 5.34. The van der Waals surface area contributed by atoms with E-state index in [0.29, 0.717) is 29.6 Å². The molecule has 1 rings (SSSR count). The number of hydrogen-bond acceptors (Lipinski definition) is 6. The van der Waals surface area contributed by atoms with Gasteiger partial charge in [-0.25, -0.2) is 14.8 Å². The molecule has 7 heteroatoms. The van der Waals surface area contributed by atoms with Crippen LogP contribution in [0.25, 0.3) is 0 Å². The molecule has 0 saturated carbocycles. The first-order valence-corrected chi connectivity index (χ1v) is 7.87. The van der Waals surface area contributed by atoms with Crippen molar-refractivity contribution in [3.63, 3.8) is 0 Å². The molecule has 116 valence electrons. The molecule has 0 aromatic carbocycles. The number of aromatic nitrogens is 2. The van der Waals surface area contributed by atoms with Crippen molar-refractivity contribution in [3.05, 3.63) is 17.1 Å². The van der Waals surface area contributed by atoms with Gasteiger partial charge in [-0.05, 0) is 13.3 Å². The van der Waals surface area contributed by atoms with Gasteiger partial charge >= 0.3 is 11.9 Å². The number of nitrogens with zero attached hydrogens (tertiary/aromatic N) is 2. The van der Waals surface area contributed by atoms with E-state index in [1.807, 2.05) is 13.8 Å². The summed E-state index contributed by atoms with van der Waals surface area (Å²) in [5, 5.41) is 9.56. The molecule has 1 N–H and O–H groups in total. The average molecular weight is 312 g/mol. The molecule has 1 heterocycles. The maximum atomic E-state index is 11.6. The quantitative estimate of drug-likeness (QED) is 0.341. The number of esters is 1. The molecule has 0 atom stereocenters. The van der Waals surface area contributed by atoms with E-state index in [1.165, 1.54) is 0 Å². The number of thioether (sulfide) groups is 1. The number of rotatable bonds is 8. The van der Waals surface area contributed by atoms with Crippen LogP contribution < -0.4 is 0 Å². The van der Waals surface area contributed by atoms with Gasteiger partial charge in [0.25, 0.3) is 0 Å². The fraction of sp³-hybridized carbons (Fsp3) is 0.571. The Morgan fingerprint density at radius 3 is 2.57 bits per heavy atom. The second-order valence-electron chi connectivity index (χ2n) is 4.43. The molecule has 1 aromatic heterocycles. The van der Waals surface area contributed by atoms with Gasteiger partial charge in [-0.15, -0.1) is 0 Å². The van der Waals surface area contributed by atoms with E-state index in [4.69, 9.17) is 4.74 Å². The summed E-state index contributed by atoms with van der Waals surface area (Å²) in [6.45, 7) is 5.93. The maximum absolute atomic E-state index is 11.6. The van der Waals surface area contributed by atoms with Crippen LogP contribution >= 0.6 is 11.8 Å². The molecular weight excluding hydrogens is 292 g/mol. The van der Waals surface area contributed by atoms with Crippen molar-refractivity contribution in [2.45, 2.75) is 45.1 Å². The Hall–Kier alpha value is -1.63. The van der Waals surface area contributed by atoms with Crippen LogP contribution in [-0.2, 0) is 16.0 Å². The molecule has 1 aromatic rings. The molecule has 0 spiro atoms. The topological polar surface area (TPSA) is 89.4 Å². The highest BCUT2D eigenvalue weighted by molar-refractivity contribution is 8.00. The highest BCUT2D eigenvalue weighted by Gasteiger charge is 2.19. The molecule has 0 aliphatic carbocycles. The first kappa shape index (κ1) is 17.4. The Morgan fingerprint density at radius 2 is 2.00 bits per heavy atom. The van der Waals surface area contributed by atoms with Crippen LogP contribution in [0.2, 0.25) is 0 Å². The molecule has 0 unspecified atom stereocenters. The van der Waals surface area contributed by atoms with Gasteiger partial charge in [0.05, 0.1) is 18.1 Å². The molecule has 6 nitrogen and oxygen atoms in total. The number of carboxylic acid groups (broad SMARTS) is 1. The molecule has 21 heavy (non-hydrogen) atoms. The maximum Gasteiger partial charge on any atom is 0.340 e. The summed E-state index contributed by atoms with van der Waals surface area (Å²) in [5.74, 6) is -0.834. The summed E-state index contributed by atoms with van der Waals surface area (Å²) >= 11 is 1.08. The van der Waals surface area contributed by atoms with Crippen LogP contribution in [0.4, 0.5) is 0 Å². The fourth-order valence-corrected chi connectivity index (χ4v) is 2.50. The summed E-state index contributed by atoms with van der Waals surface area (Å²) < 4.78 is 5.04. The van der Waals surface area contributed by atoms with Crippen LogP contribution in [-0.4, -0.2) is 39.4 Å². The lowest BCUT2D eigenvalue weighted by atomic mass is 10.2. The van der Waals surface area contributed by atoms with Crippen molar-refractivity contribution in [1.29, 1.82) is 0 Å². The lowest BCUT2D eigenvalue weighted by Crippen LogP contribution is -2.12. The van der Waals surface area contributed by atoms with Crippen LogP contribution in [0.5, 0.6) is 0 Å². The number of carbonyl (C=O) groups is 2. The van der Waals surface area contributed by atoms with E-state index in [0.717, 1.165) is 24.6 Å². The molecule has 0 radical (unpaired) electrons. The third-order valence-corrected chi connectivity index (χ3v) is 3.67. The number of aromatic carboxylic acids is 1. The van der Waals surface area contributed by atoms with Crippen LogP contribution in [0.1, 0.15) is 48.6 Å². The van der Waals surface area contributed by atoms with Gasteiger partial charge in [-0.2, -0.15) is 0 Å². The van der Waals surface area contributed by atoms with Gasteiger partial charge in [-0.1, -0.05) is 32.0 Å². The number of aryl methyl sites for hydroxylation is 2. The van der Waals surface area contributed by atoms with E-state index in [2.05, 4.69) is 9.97 Å². The molecule has 0 bridgehead atoms. The summed E-state index contributed by atoms with van der Waals surface area (Å²) in [5.41, 5.74) is 0.467. The minimum Gasteiger partial charge on any atom is -0.478 e. The number of carbonyl (C=O) groups excluding carboxylic acids is 1. The monoisotopic (exact) mass is 312 g/mol. The standard InChI is InChI=1S/C14H20N2O4S/c1-4-6-7-20-11(17)8-21-13-12(14(18)19)9(3)15-10(5-2)16-13/h4-8H2,1-3H3,(H,18,19). The van der Waals surface area contributed by atoms with Crippen molar-refractivity contribution in [1.82, 2.24) is 9.97 Å². The van der Waals surface area contributed by atoms with Gasteiger partial charge < -0.3 is 9.84 Å². The van der Waals surface area contributed by atoms with E-state index < -0.39 is 5.97 Å². The highest BCUT2D eigenvalue weighted by Crippen LogP contribution is 2.23. The van der Waals surface area contributed by atoms with Crippen molar-refractivity contribution >= 4 is 23.7 Å². The van der Waals surface area contributed by atoms with Gasteiger partial charge in [-0.3, -0.25) is 4.79 Å². The minimum absolute atomic E-state index is 0.0452. The van der Waals surface area contributed by atoms with E-state index in [-0.39, 0.29) is 17.3 Å². The molecule has 0 amide bonds. The summed E-state index contributed by atoms with van der Waals surface area (Å²) in [7, 11) is 0. The van der Waals surface area contributed by atoms with Crippen molar-refractivity contribution in [2.24, 2.45) is 0 Å².